The Morgan fingerprint density at radius 2 is 1.54 bits per heavy atom. The summed E-state index contributed by atoms with van der Waals surface area (Å²) in [6.45, 7) is 3.40. The number of hydrogen-bond donors (Lipinski definition) is 0. The van der Waals surface area contributed by atoms with Gasteiger partial charge in [-0.1, -0.05) is 51.9 Å². The third-order valence-corrected chi connectivity index (χ3v) is 4.68. The highest BCUT2D eigenvalue weighted by Crippen LogP contribution is 2.20. The van der Waals surface area contributed by atoms with E-state index in [9.17, 15) is 9.18 Å². The lowest BCUT2D eigenvalue weighted by molar-refractivity contribution is -0.139. The van der Waals surface area contributed by atoms with E-state index in [0.717, 1.165) is 24.5 Å². The molecule has 28 heavy (non-hydrogen) atoms. The lowest BCUT2D eigenvalue weighted by Gasteiger charge is -2.06. The molecule has 1 unspecified atom stereocenters. The summed E-state index contributed by atoms with van der Waals surface area (Å²) < 4.78 is 17.8. The third-order valence-electron chi connectivity index (χ3n) is 4.68. The minimum atomic E-state index is -1.64. The van der Waals surface area contributed by atoms with E-state index in [2.05, 4.69) is 16.9 Å². The number of carbonyl (C=O) groups excluding carboxylic acids is 1. The summed E-state index contributed by atoms with van der Waals surface area (Å²) >= 11 is 0. The predicted molar refractivity (Wildman–Crippen MR) is 110 cm³/mol. The number of benzene rings is 1. The van der Waals surface area contributed by atoms with Gasteiger partial charge in [0.1, 0.15) is 5.75 Å². The molecular weight excluding hydrogens is 355 g/mol. The van der Waals surface area contributed by atoms with Gasteiger partial charge < -0.3 is 4.74 Å². The Balaban J connectivity index is 1.75. The number of halogens is 1. The SMILES string of the molecule is CCCCCCCCCCc1cnc(-c2ccc(OC(=O)C(C)F)cc2)nc1. The van der Waals surface area contributed by atoms with Crippen LogP contribution in [0.4, 0.5) is 4.39 Å². The molecule has 1 aromatic carbocycles. The van der Waals surface area contributed by atoms with Gasteiger partial charge in [-0.05, 0) is 49.6 Å². The van der Waals surface area contributed by atoms with Crippen LogP contribution in [0.15, 0.2) is 36.7 Å². The fourth-order valence-corrected chi connectivity index (χ4v) is 2.97. The Bertz CT molecular complexity index is 700. The minimum Gasteiger partial charge on any atom is -0.424 e. The van der Waals surface area contributed by atoms with Gasteiger partial charge in [-0.15, -0.1) is 0 Å². The van der Waals surface area contributed by atoms with Crippen LogP contribution in [0.2, 0.25) is 0 Å². The first kappa shape index (κ1) is 22.0. The van der Waals surface area contributed by atoms with Crippen LogP contribution < -0.4 is 4.74 Å². The van der Waals surface area contributed by atoms with Crippen LogP contribution >= 0.6 is 0 Å². The number of unbranched alkanes of at least 4 members (excludes halogenated alkanes) is 7. The molecule has 0 saturated heterocycles. The van der Waals surface area contributed by atoms with Crippen molar-refractivity contribution in [2.24, 2.45) is 0 Å². The number of rotatable bonds is 12. The zero-order valence-electron chi connectivity index (χ0n) is 17.0. The van der Waals surface area contributed by atoms with Crippen molar-refractivity contribution in [2.45, 2.75) is 77.8 Å². The number of ether oxygens (including phenoxy) is 1. The molecule has 0 aliphatic rings. The van der Waals surface area contributed by atoms with Gasteiger partial charge in [0.2, 0.25) is 0 Å². The van der Waals surface area contributed by atoms with Gasteiger partial charge in [-0.2, -0.15) is 0 Å². The van der Waals surface area contributed by atoms with E-state index >= 15 is 0 Å². The average Bonchev–Trinajstić information content (AvgIpc) is 2.71. The fourth-order valence-electron chi connectivity index (χ4n) is 2.97. The van der Waals surface area contributed by atoms with Gasteiger partial charge in [-0.25, -0.2) is 19.2 Å². The van der Waals surface area contributed by atoms with Crippen molar-refractivity contribution in [2.75, 3.05) is 0 Å². The van der Waals surface area contributed by atoms with Gasteiger partial charge in [0.05, 0.1) is 0 Å². The average molecular weight is 387 g/mol. The van der Waals surface area contributed by atoms with Crippen molar-refractivity contribution in [1.29, 1.82) is 0 Å². The van der Waals surface area contributed by atoms with Gasteiger partial charge in [0.15, 0.2) is 12.0 Å². The number of carbonyl (C=O) groups is 1. The summed E-state index contributed by atoms with van der Waals surface area (Å²) in [5.74, 6) is 0.0373. The first-order valence-electron chi connectivity index (χ1n) is 10.4. The monoisotopic (exact) mass is 386 g/mol. The summed E-state index contributed by atoms with van der Waals surface area (Å²) in [6, 6.07) is 6.76. The van der Waals surface area contributed by atoms with Crippen molar-refractivity contribution in [3.63, 3.8) is 0 Å². The van der Waals surface area contributed by atoms with Crippen LogP contribution in [0.5, 0.6) is 5.75 Å². The van der Waals surface area contributed by atoms with Gasteiger partial charge >= 0.3 is 5.97 Å². The maximum absolute atomic E-state index is 12.9. The van der Waals surface area contributed by atoms with Crippen LogP contribution in [0.3, 0.4) is 0 Å². The van der Waals surface area contributed by atoms with Crippen molar-refractivity contribution >= 4 is 5.97 Å². The molecule has 4 nitrogen and oxygen atoms in total. The normalized spacial score (nSPS) is 12.0. The highest BCUT2D eigenvalue weighted by molar-refractivity contribution is 5.76. The van der Waals surface area contributed by atoms with Gasteiger partial charge in [-0.3, -0.25) is 0 Å². The van der Waals surface area contributed by atoms with Crippen LogP contribution in [-0.2, 0) is 11.2 Å². The van der Waals surface area contributed by atoms with Crippen LogP contribution in [0.1, 0.15) is 70.8 Å². The lowest BCUT2D eigenvalue weighted by atomic mass is 10.1. The smallest absolute Gasteiger partial charge is 0.345 e. The molecule has 152 valence electrons. The first-order valence-corrected chi connectivity index (χ1v) is 10.4. The molecule has 0 aliphatic heterocycles. The van der Waals surface area contributed by atoms with E-state index < -0.39 is 12.1 Å². The van der Waals surface area contributed by atoms with E-state index in [1.807, 2.05) is 12.4 Å². The quantitative estimate of drug-likeness (QED) is 0.252. The number of nitrogens with zero attached hydrogens (tertiary/aromatic N) is 2. The molecule has 0 saturated carbocycles. The molecule has 0 radical (unpaired) electrons. The topological polar surface area (TPSA) is 52.1 Å². The highest BCUT2D eigenvalue weighted by atomic mass is 19.1. The van der Waals surface area contributed by atoms with Crippen LogP contribution in [0.25, 0.3) is 11.4 Å². The summed E-state index contributed by atoms with van der Waals surface area (Å²) in [5.41, 5.74) is 1.98. The number of aryl methyl sites for hydroxylation is 1. The maximum Gasteiger partial charge on any atom is 0.345 e. The second-order valence-electron chi connectivity index (χ2n) is 7.20. The van der Waals surface area contributed by atoms with Gasteiger partial charge in [0.25, 0.3) is 0 Å². The molecule has 1 heterocycles. The fraction of sp³-hybridized carbons (Fsp3) is 0.522. The largest absolute Gasteiger partial charge is 0.424 e. The van der Waals surface area contributed by atoms with Crippen LogP contribution in [0, 0.1) is 0 Å². The molecule has 0 fully saturated rings. The molecular formula is C23H31FN2O2. The molecule has 5 heteroatoms. The molecule has 2 aromatic rings. The van der Waals surface area contributed by atoms with E-state index in [-0.39, 0.29) is 0 Å². The van der Waals surface area contributed by atoms with E-state index in [0.29, 0.717) is 11.6 Å². The number of esters is 1. The predicted octanol–water partition coefficient (Wildman–Crippen LogP) is 6.09. The molecule has 0 aliphatic carbocycles. The molecule has 0 N–H and O–H groups in total. The number of aromatic nitrogens is 2. The summed E-state index contributed by atoms with van der Waals surface area (Å²) in [5, 5.41) is 0. The molecule has 2 rings (SSSR count). The molecule has 0 spiro atoms. The van der Waals surface area contributed by atoms with Crippen molar-refractivity contribution in [1.82, 2.24) is 9.97 Å². The number of alkyl halides is 1. The number of hydrogen-bond acceptors (Lipinski definition) is 4. The first-order chi connectivity index (χ1) is 13.6. The second kappa shape index (κ2) is 12.2. The van der Waals surface area contributed by atoms with Gasteiger partial charge in [0, 0.05) is 18.0 Å². The Morgan fingerprint density at radius 1 is 0.964 bits per heavy atom. The zero-order valence-corrected chi connectivity index (χ0v) is 17.0. The Labute approximate surface area is 167 Å². The highest BCUT2D eigenvalue weighted by Gasteiger charge is 2.13. The van der Waals surface area contributed by atoms with Crippen molar-refractivity contribution in [3.05, 3.63) is 42.2 Å². The Kier molecular flexibility index (Phi) is 9.60. The Hall–Kier alpha value is -2.30. The maximum atomic E-state index is 12.9. The summed E-state index contributed by atoms with van der Waals surface area (Å²) in [7, 11) is 0. The van der Waals surface area contributed by atoms with Crippen molar-refractivity contribution < 1.29 is 13.9 Å². The summed E-state index contributed by atoms with van der Waals surface area (Å²) in [4.78, 5) is 20.1. The second-order valence-corrected chi connectivity index (χ2v) is 7.20. The molecule has 0 bridgehead atoms. The lowest BCUT2D eigenvalue weighted by Crippen LogP contribution is -2.18. The molecule has 1 aromatic heterocycles. The summed E-state index contributed by atoms with van der Waals surface area (Å²) in [6.07, 6.45) is 13.6. The van der Waals surface area contributed by atoms with E-state index in [1.165, 1.54) is 51.4 Å². The Morgan fingerprint density at radius 3 is 2.11 bits per heavy atom. The van der Waals surface area contributed by atoms with E-state index in [1.54, 1.807) is 24.3 Å². The standard InChI is InChI=1S/C23H31FN2O2/c1-3-4-5-6-7-8-9-10-11-19-16-25-22(26-17-19)20-12-14-21(15-13-20)28-23(27)18(2)24/h12-18H,3-11H2,1-2H3. The zero-order chi connectivity index (χ0) is 20.2. The van der Waals surface area contributed by atoms with E-state index in [4.69, 9.17) is 4.74 Å². The third kappa shape index (κ3) is 7.75. The molecule has 1 atom stereocenters. The van der Waals surface area contributed by atoms with Crippen LogP contribution in [-0.4, -0.2) is 22.1 Å². The molecule has 0 amide bonds. The minimum absolute atomic E-state index is 0.310. The van der Waals surface area contributed by atoms with Crippen molar-refractivity contribution in [3.8, 4) is 17.1 Å².